The topological polar surface area (TPSA) is 70.7 Å². The van der Waals surface area contributed by atoms with Crippen LogP contribution in [0.2, 0.25) is 5.02 Å². The van der Waals surface area contributed by atoms with Crippen LogP contribution < -0.4 is 15.4 Å². The molecule has 6 nitrogen and oxygen atoms in total. The molecule has 1 heterocycles. The highest BCUT2D eigenvalue weighted by atomic mass is 35.5. The van der Waals surface area contributed by atoms with Crippen molar-refractivity contribution in [1.82, 2.24) is 15.5 Å². The van der Waals surface area contributed by atoms with Gasteiger partial charge in [-0.2, -0.15) is 0 Å². The molecule has 1 aromatic carbocycles. The second kappa shape index (κ2) is 11.9. The van der Waals surface area contributed by atoms with Crippen molar-refractivity contribution in [2.45, 2.75) is 76.8 Å². The van der Waals surface area contributed by atoms with Gasteiger partial charge < -0.3 is 20.3 Å². The van der Waals surface area contributed by atoms with Gasteiger partial charge in [0.2, 0.25) is 5.91 Å². The molecule has 4 saturated carbocycles. The first kappa shape index (κ1) is 26.7. The number of hydrogen-bond donors (Lipinski definition) is 2. The van der Waals surface area contributed by atoms with E-state index in [1.165, 1.54) is 63.3 Å². The Hall–Kier alpha value is -1.86. The number of carbonyl (C=O) groups is 2. The minimum atomic E-state index is -0.578. The summed E-state index contributed by atoms with van der Waals surface area (Å²) < 4.78 is 19.0. The predicted molar refractivity (Wildman–Crippen MR) is 142 cm³/mol. The lowest BCUT2D eigenvalue weighted by atomic mass is 9.57. The van der Waals surface area contributed by atoms with Crippen molar-refractivity contribution in [3.8, 4) is 5.75 Å². The molecule has 3 unspecified atom stereocenters. The molecule has 1 aliphatic heterocycles. The molecule has 4 aliphatic carbocycles. The van der Waals surface area contributed by atoms with Gasteiger partial charge in [-0.3, -0.25) is 9.59 Å². The number of rotatable bonds is 8. The summed E-state index contributed by atoms with van der Waals surface area (Å²) in [4.78, 5) is 28.5. The van der Waals surface area contributed by atoms with Gasteiger partial charge in [-0.15, -0.1) is 0 Å². The van der Waals surface area contributed by atoms with Crippen LogP contribution in [0.3, 0.4) is 0 Å². The van der Waals surface area contributed by atoms with Gasteiger partial charge in [0.15, 0.2) is 6.61 Å². The van der Waals surface area contributed by atoms with Gasteiger partial charge in [0.25, 0.3) is 5.91 Å². The summed E-state index contributed by atoms with van der Waals surface area (Å²) in [6.45, 7) is 5.18. The number of hydrogen-bond acceptors (Lipinski definition) is 4. The molecule has 2 N–H and O–H groups in total. The van der Waals surface area contributed by atoms with Crippen molar-refractivity contribution < 1.29 is 18.7 Å². The lowest BCUT2D eigenvalue weighted by Crippen LogP contribution is -2.57. The van der Waals surface area contributed by atoms with Crippen molar-refractivity contribution in [3.63, 3.8) is 0 Å². The summed E-state index contributed by atoms with van der Waals surface area (Å²) in [5.74, 6) is 1.52. The average molecular weight is 534 g/mol. The molecule has 4 atom stereocenters. The van der Waals surface area contributed by atoms with Crippen molar-refractivity contribution in [2.24, 2.45) is 29.6 Å². The summed E-state index contributed by atoms with van der Waals surface area (Å²) in [7, 11) is 0. The summed E-state index contributed by atoms with van der Waals surface area (Å²) in [5, 5.41) is 6.40. The molecule has 0 radical (unpaired) electrons. The number of piperidine rings is 1. The van der Waals surface area contributed by atoms with Crippen LogP contribution in [0.4, 0.5) is 4.39 Å². The van der Waals surface area contributed by atoms with Gasteiger partial charge >= 0.3 is 0 Å². The largest absolute Gasteiger partial charge is 0.484 e. The van der Waals surface area contributed by atoms with Gasteiger partial charge in [-0.1, -0.05) is 37.8 Å². The van der Waals surface area contributed by atoms with E-state index in [-0.39, 0.29) is 41.2 Å². The van der Waals surface area contributed by atoms with Crippen LogP contribution in [-0.4, -0.2) is 55.0 Å². The van der Waals surface area contributed by atoms with E-state index >= 15 is 0 Å². The number of benzene rings is 1. The molecule has 6 rings (SSSR count). The van der Waals surface area contributed by atoms with Crippen LogP contribution in [0, 0.1) is 35.4 Å². The van der Waals surface area contributed by atoms with E-state index in [1.807, 2.05) is 0 Å². The fraction of sp³-hybridized carbons (Fsp3) is 0.724. The number of carbonyl (C=O) groups excluding carboxylic acids is 2. The van der Waals surface area contributed by atoms with Gasteiger partial charge in [-0.05, 0) is 80.9 Å². The fourth-order valence-corrected chi connectivity index (χ4v) is 7.19. The zero-order chi connectivity index (χ0) is 25.9. The van der Waals surface area contributed by atoms with E-state index < -0.39 is 5.82 Å². The van der Waals surface area contributed by atoms with Gasteiger partial charge in [-0.25, -0.2) is 4.39 Å². The van der Waals surface area contributed by atoms with E-state index in [0.717, 1.165) is 32.0 Å². The Balaban J connectivity index is 1.08. The standard InChI is InChI=1S/C29H41ClFN3O3/c1-18-9-10-34(22-5-3-2-4-6-22)16-21(18)15-32-29(36)24-14-27(20-11-19(24)12-20)33-28(35)17-37-23-7-8-25(30)26(31)13-23/h7-8,13,18-22,24,27H,2-6,9-12,14-17H2,1H3,(H,32,36)(H,33,35)/t18?,19?,20?,21?,24-,27?/m1/s1. The summed E-state index contributed by atoms with van der Waals surface area (Å²) in [6, 6.07) is 4.84. The van der Waals surface area contributed by atoms with Crippen molar-refractivity contribution >= 4 is 23.4 Å². The first-order valence-electron chi connectivity index (χ1n) is 14.3. The Morgan fingerprint density at radius 3 is 2.65 bits per heavy atom. The third-order valence-electron chi connectivity index (χ3n) is 9.58. The Morgan fingerprint density at radius 2 is 1.89 bits per heavy atom. The molecule has 5 fully saturated rings. The molecule has 2 bridgehead atoms. The van der Waals surface area contributed by atoms with Crippen LogP contribution in [0.5, 0.6) is 5.75 Å². The minimum absolute atomic E-state index is 0.0161. The quantitative estimate of drug-likeness (QED) is 0.504. The van der Waals surface area contributed by atoms with E-state index in [0.29, 0.717) is 30.1 Å². The van der Waals surface area contributed by atoms with Crippen LogP contribution in [0.15, 0.2) is 18.2 Å². The van der Waals surface area contributed by atoms with E-state index in [1.54, 1.807) is 0 Å². The Labute approximate surface area is 225 Å². The second-order valence-corrected chi connectivity index (χ2v) is 12.3. The molecule has 5 aliphatic rings. The maximum atomic E-state index is 13.6. The monoisotopic (exact) mass is 533 g/mol. The number of nitrogens with one attached hydrogen (secondary N) is 2. The van der Waals surface area contributed by atoms with Crippen molar-refractivity contribution in [1.29, 1.82) is 0 Å². The third-order valence-corrected chi connectivity index (χ3v) is 9.88. The normalized spacial score (nSPS) is 32.3. The number of likely N-dealkylation sites (tertiary alicyclic amines) is 1. The van der Waals surface area contributed by atoms with E-state index in [2.05, 4.69) is 22.5 Å². The number of halogens is 2. The number of ether oxygens (including phenoxy) is 1. The molecule has 0 spiro atoms. The molecule has 204 valence electrons. The fourth-order valence-electron chi connectivity index (χ4n) is 7.07. The maximum Gasteiger partial charge on any atom is 0.258 e. The van der Waals surface area contributed by atoms with Crippen molar-refractivity contribution in [3.05, 3.63) is 29.0 Å². The molecule has 0 aromatic heterocycles. The molecular weight excluding hydrogens is 493 g/mol. The van der Waals surface area contributed by atoms with Crippen LogP contribution >= 0.6 is 11.6 Å². The Kier molecular flexibility index (Phi) is 8.60. The minimum Gasteiger partial charge on any atom is -0.484 e. The molecule has 37 heavy (non-hydrogen) atoms. The summed E-state index contributed by atoms with van der Waals surface area (Å²) >= 11 is 5.70. The third kappa shape index (κ3) is 6.42. The Morgan fingerprint density at radius 1 is 1.11 bits per heavy atom. The van der Waals surface area contributed by atoms with Gasteiger partial charge in [0.05, 0.1) is 5.02 Å². The molecule has 2 amide bonds. The van der Waals surface area contributed by atoms with E-state index in [4.69, 9.17) is 16.3 Å². The van der Waals surface area contributed by atoms with Crippen LogP contribution in [-0.2, 0) is 9.59 Å². The summed E-state index contributed by atoms with van der Waals surface area (Å²) in [5.41, 5.74) is 0. The first-order chi connectivity index (χ1) is 17.9. The second-order valence-electron chi connectivity index (χ2n) is 11.9. The number of amides is 2. The first-order valence-corrected chi connectivity index (χ1v) is 14.6. The SMILES string of the molecule is CC1CCN(C2CCCCC2)CC1CNC(=O)[C@@H]1CC(NC(=O)COc2ccc(Cl)c(F)c2)C2CC1C2. The highest BCUT2D eigenvalue weighted by Crippen LogP contribution is 2.49. The summed E-state index contributed by atoms with van der Waals surface area (Å²) in [6.07, 6.45) is 10.6. The highest BCUT2D eigenvalue weighted by Gasteiger charge is 2.49. The van der Waals surface area contributed by atoms with Crippen LogP contribution in [0.25, 0.3) is 0 Å². The predicted octanol–water partition coefficient (Wildman–Crippen LogP) is 4.80. The van der Waals surface area contributed by atoms with Crippen LogP contribution in [0.1, 0.15) is 64.7 Å². The zero-order valence-electron chi connectivity index (χ0n) is 21.9. The van der Waals surface area contributed by atoms with Gasteiger partial charge in [0.1, 0.15) is 11.6 Å². The molecule has 1 aromatic rings. The smallest absolute Gasteiger partial charge is 0.258 e. The number of fused-ring (bicyclic) bond motifs is 2. The van der Waals surface area contributed by atoms with Gasteiger partial charge in [0, 0.05) is 37.2 Å². The number of nitrogens with zero attached hydrogens (tertiary/aromatic N) is 1. The average Bonchev–Trinajstić information content (AvgIpc) is 2.88. The van der Waals surface area contributed by atoms with E-state index in [9.17, 15) is 14.0 Å². The molecular formula is C29H41ClFN3O3. The molecule has 8 heteroatoms. The van der Waals surface area contributed by atoms with Crippen molar-refractivity contribution in [2.75, 3.05) is 26.2 Å². The highest BCUT2D eigenvalue weighted by molar-refractivity contribution is 6.30. The Bertz CT molecular complexity index is 966. The molecule has 1 saturated heterocycles. The zero-order valence-corrected chi connectivity index (χ0v) is 22.6. The lowest BCUT2D eigenvalue weighted by Gasteiger charge is -2.50. The lowest BCUT2D eigenvalue weighted by molar-refractivity contribution is -0.136. The maximum absolute atomic E-state index is 13.6.